The lowest BCUT2D eigenvalue weighted by atomic mass is 10.1. The summed E-state index contributed by atoms with van der Waals surface area (Å²) in [5, 5.41) is 11.2. The second kappa shape index (κ2) is 3.27. The van der Waals surface area contributed by atoms with Gasteiger partial charge in [-0.2, -0.15) is 0 Å². The molecule has 0 spiro atoms. The van der Waals surface area contributed by atoms with Crippen LogP contribution in [-0.2, 0) is 6.42 Å². The molecule has 1 nitrogen and oxygen atoms in total. The molecule has 2 heteroatoms. The summed E-state index contributed by atoms with van der Waals surface area (Å²) in [6.07, 6.45) is 1.79. The van der Waals surface area contributed by atoms with Gasteiger partial charge in [0.2, 0.25) is 0 Å². The maximum atomic E-state index is 9.70. The molecule has 2 rings (SSSR count). The number of benzene rings is 1. The van der Waals surface area contributed by atoms with E-state index in [2.05, 4.69) is 31.3 Å². The van der Waals surface area contributed by atoms with Crippen LogP contribution in [0.3, 0.4) is 0 Å². The summed E-state index contributed by atoms with van der Waals surface area (Å²) in [4.78, 5) is 0. The highest BCUT2D eigenvalue weighted by molar-refractivity contribution is 6.71. The number of fused-ring (bicyclic) bond motifs is 1. The van der Waals surface area contributed by atoms with Crippen LogP contribution in [0.1, 0.15) is 23.7 Å². The Bertz CT molecular complexity index is 320. The minimum absolute atomic E-state index is 0.198. The van der Waals surface area contributed by atoms with E-state index in [0.29, 0.717) is 0 Å². The van der Waals surface area contributed by atoms with E-state index in [9.17, 15) is 5.11 Å². The number of aliphatic hydroxyl groups is 1. The van der Waals surface area contributed by atoms with Crippen molar-refractivity contribution in [3.63, 3.8) is 0 Å². The maximum Gasteiger partial charge on any atom is 0.0795 e. The quantitative estimate of drug-likeness (QED) is 0.669. The molecule has 1 aromatic carbocycles. The van der Waals surface area contributed by atoms with Gasteiger partial charge in [-0.15, -0.1) is 0 Å². The monoisotopic (exact) mass is 191 g/mol. The Morgan fingerprint density at radius 3 is 2.85 bits per heavy atom. The second-order valence-electron chi connectivity index (χ2n) is 3.93. The van der Waals surface area contributed by atoms with Crippen molar-refractivity contribution in [2.75, 3.05) is 0 Å². The highest BCUT2D eigenvalue weighted by Gasteiger charge is 2.23. The van der Waals surface area contributed by atoms with Crippen molar-refractivity contribution in [2.45, 2.75) is 32.0 Å². The van der Waals surface area contributed by atoms with E-state index in [-0.39, 0.29) is 14.9 Å². The molecule has 0 bridgehead atoms. The van der Waals surface area contributed by atoms with Crippen LogP contribution in [0.2, 0.25) is 13.1 Å². The smallest absolute Gasteiger partial charge is 0.0795 e. The Balaban J connectivity index is 2.51. The van der Waals surface area contributed by atoms with Crippen LogP contribution >= 0.6 is 0 Å². The van der Waals surface area contributed by atoms with E-state index < -0.39 is 0 Å². The predicted molar refractivity (Wildman–Crippen MR) is 56.8 cm³/mol. The summed E-state index contributed by atoms with van der Waals surface area (Å²) in [5.74, 6) is 0. The van der Waals surface area contributed by atoms with Crippen LogP contribution in [0.4, 0.5) is 0 Å². The van der Waals surface area contributed by atoms with Gasteiger partial charge in [-0.1, -0.05) is 36.5 Å². The summed E-state index contributed by atoms with van der Waals surface area (Å²) in [6, 6.07) is 6.38. The minimum Gasteiger partial charge on any atom is -0.388 e. The number of hydrogen-bond donors (Lipinski definition) is 1. The van der Waals surface area contributed by atoms with Crippen molar-refractivity contribution in [3.05, 3.63) is 29.3 Å². The molecule has 1 aromatic rings. The Hall–Kier alpha value is -0.603. The molecule has 1 atom stereocenters. The van der Waals surface area contributed by atoms with Crippen molar-refractivity contribution < 1.29 is 5.11 Å². The van der Waals surface area contributed by atoms with Gasteiger partial charge in [0.25, 0.3) is 0 Å². The summed E-state index contributed by atoms with van der Waals surface area (Å²) in [7, 11) is -0.370. The van der Waals surface area contributed by atoms with E-state index >= 15 is 0 Å². The summed E-state index contributed by atoms with van der Waals surface area (Å²) < 4.78 is 0. The van der Waals surface area contributed by atoms with Crippen LogP contribution < -0.4 is 5.19 Å². The van der Waals surface area contributed by atoms with E-state index in [4.69, 9.17) is 0 Å². The fourth-order valence-electron chi connectivity index (χ4n) is 2.10. The van der Waals surface area contributed by atoms with Crippen molar-refractivity contribution in [3.8, 4) is 0 Å². The third-order valence-corrected chi connectivity index (χ3v) is 4.32. The third-order valence-electron chi connectivity index (χ3n) is 2.78. The van der Waals surface area contributed by atoms with Gasteiger partial charge >= 0.3 is 0 Å². The largest absolute Gasteiger partial charge is 0.388 e. The molecule has 0 amide bonds. The zero-order valence-electron chi connectivity index (χ0n) is 8.17. The average Bonchev–Trinajstić information content (AvgIpc) is 2.48. The zero-order valence-corrected chi connectivity index (χ0v) is 9.17. The maximum absolute atomic E-state index is 9.70. The van der Waals surface area contributed by atoms with Gasteiger partial charge in [-0.25, -0.2) is 0 Å². The lowest BCUT2D eigenvalue weighted by Crippen LogP contribution is -2.26. The lowest BCUT2D eigenvalue weighted by Gasteiger charge is -2.10. The van der Waals surface area contributed by atoms with Crippen molar-refractivity contribution in [2.24, 2.45) is 0 Å². The van der Waals surface area contributed by atoms with E-state index in [1.165, 1.54) is 16.3 Å². The SMILES string of the molecule is C[Si](C)c1cccc2c1CC[C@@H]2O. The molecule has 0 aliphatic heterocycles. The standard InChI is InChI=1S/C11H15OSi/c1-13(2)11-5-3-4-8-9(11)6-7-10(8)12/h3-5,10,12H,6-7H2,1-2H3/t10-/m0/s1. The molecular weight excluding hydrogens is 176 g/mol. The number of rotatable bonds is 1. The van der Waals surface area contributed by atoms with Gasteiger partial charge in [-0.3, -0.25) is 0 Å². The topological polar surface area (TPSA) is 20.2 Å². The average molecular weight is 191 g/mol. The van der Waals surface area contributed by atoms with Crippen molar-refractivity contribution in [1.82, 2.24) is 0 Å². The van der Waals surface area contributed by atoms with Gasteiger partial charge in [0.05, 0.1) is 14.9 Å². The third kappa shape index (κ3) is 1.44. The van der Waals surface area contributed by atoms with Crippen molar-refractivity contribution in [1.29, 1.82) is 0 Å². The van der Waals surface area contributed by atoms with Crippen molar-refractivity contribution >= 4 is 14.0 Å². The van der Waals surface area contributed by atoms with Crippen LogP contribution in [0.15, 0.2) is 18.2 Å². The van der Waals surface area contributed by atoms with Gasteiger partial charge in [0.15, 0.2) is 0 Å². The fourth-order valence-corrected chi connectivity index (χ4v) is 3.40. The first-order valence-electron chi connectivity index (χ1n) is 4.80. The fraction of sp³-hybridized carbons (Fsp3) is 0.455. The van der Waals surface area contributed by atoms with Gasteiger partial charge < -0.3 is 5.11 Å². The molecule has 0 fully saturated rings. The first kappa shape index (κ1) is 8.97. The van der Waals surface area contributed by atoms with Gasteiger partial charge in [0.1, 0.15) is 0 Å². The molecule has 0 saturated carbocycles. The normalized spacial score (nSPS) is 20.8. The highest BCUT2D eigenvalue weighted by atomic mass is 28.3. The molecule has 1 radical (unpaired) electrons. The van der Waals surface area contributed by atoms with E-state index in [1.807, 2.05) is 0 Å². The van der Waals surface area contributed by atoms with Crippen LogP contribution in [0.5, 0.6) is 0 Å². The summed E-state index contributed by atoms with van der Waals surface area (Å²) >= 11 is 0. The summed E-state index contributed by atoms with van der Waals surface area (Å²) in [6.45, 7) is 4.62. The molecule has 0 saturated heterocycles. The Labute approximate surface area is 81.0 Å². The Kier molecular flexibility index (Phi) is 2.26. The molecule has 0 heterocycles. The Morgan fingerprint density at radius 2 is 2.15 bits per heavy atom. The molecule has 1 aliphatic carbocycles. The molecule has 0 aromatic heterocycles. The second-order valence-corrected chi connectivity index (χ2v) is 6.47. The van der Waals surface area contributed by atoms with Crippen LogP contribution in [-0.4, -0.2) is 13.9 Å². The first-order chi connectivity index (χ1) is 6.20. The van der Waals surface area contributed by atoms with E-state index in [1.54, 1.807) is 0 Å². The molecule has 69 valence electrons. The van der Waals surface area contributed by atoms with E-state index in [0.717, 1.165) is 12.8 Å². The minimum atomic E-state index is -0.370. The molecular formula is C11H15OSi. The molecule has 0 unspecified atom stereocenters. The Morgan fingerprint density at radius 1 is 1.38 bits per heavy atom. The molecule has 1 N–H and O–H groups in total. The molecule has 13 heavy (non-hydrogen) atoms. The lowest BCUT2D eigenvalue weighted by molar-refractivity contribution is 0.180. The van der Waals surface area contributed by atoms with Crippen LogP contribution in [0.25, 0.3) is 0 Å². The van der Waals surface area contributed by atoms with Gasteiger partial charge in [-0.05, 0) is 24.0 Å². The summed E-state index contributed by atoms with van der Waals surface area (Å²) in [5.41, 5.74) is 2.62. The number of aliphatic hydroxyl groups excluding tert-OH is 1. The van der Waals surface area contributed by atoms with Crippen LogP contribution in [0, 0.1) is 0 Å². The van der Waals surface area contributed by atoms with Gasteiger partial charge in [0, 0.05) is 0 Å². The number of hydrogen-bond acceptors (Lipinski definition) is 1. The highest BCUT2D eigenvalue weighted by Crippen LogP contribution is 2.29. The predicted octanol–water partition coefficient (Wildman–Crippen LogP) is 1.63. The first-order valence-corrected chi connectivity index (χ1v) is 7.30. The molecule has 1 aliphatic rings. The zero-order chi connectivity index (χ0) is 9.42.